The van der Waals surface area contributed by atoms with E-state index in [1.807, 2.05) is 10.8 Å². The third-order valence-corrected chi connectivity index (χ3v) is 2.70. The zero-order valence-corrected chi connectivity index (χ0v) is 9.57. The van der Waals surface area contributed by atoms with Gasteiger partial charge in [-0.05, 0) is 0 Å². The van der Waals surface area contributed by atoms with Gasteiger partial charge in [-0.2, -0.15) is 13.2 Å². The molecule has 0 radical (unpaired) electrons. The van der Waals surface area contributed by atoms with Gasteiger partial charge < -0.3 is 14.8 Å². The summed E-state index contributed by atoms with van der Waals surface area (Å²) in [4.78, 5) is 17.3. The third-order valence-electron chi connectivity index (χ3n) is 2.70. The van der Waals surface area contributed by atoms with Crippen LogP contribution >= 0.6 is 0 Å². The van der Waals surface area contributed by atoms with Crippen molar-refractivity contribution in [2.24, 2.45) is 0 Å². The van der Waals surface area contributed by atoms with Crippen molar-refractivity contribution >= 4 is 5.91 Å². The van der Waals surface area contributed by atoms with E-state index in [1.165, 1.54) is 4.90 Å². The maximum absolute atomic E-state index is 11.9. The number of amides is 1. The molecule has 0 fully saturated rings. The second-order valence-electron chi connectivity index (χ2n) is 4.07. The van der Waals surface area contributed by atoms with E-state index in [-0.39, 0.29) is 12.5 Å². The van der Waals surface area contributed by atoms with E-state index in [1.54, 1.807) is 6.20 Å². The lowest BCUT2D eigenvalue weighted by molar-refractivity contribution is -0.135. The normalized spacial score (nSPS) is 15.6. The van der Waals surface area contributed by atoms with Crippen LogP contribution in [0.25, 0.3) is 0 Å². The topological polar surface area (TPSA) is 50.2 Å². The summed E-state index contributed by atoms with van der Waals surface area (Å²) < 4.78 is 37.6. The smallest absolute Gasteiger partial charge is 0.332 e. The van der Waals surface area contributed by atoms with Crippen LogP contribution in [0.5, 0.6) is 0 Å². The van der Waals surface area contributed by atoms with E-state index in [2.05, 4.69) is 10.3 Å². The Labute approximate surface area is 102 Å². The summed E-state index contributed by atoms with van der Waals surface area (Å²) in [7, 11) is 0. The molecule has 0 aliphatic carbocycles. The number of alkyl halides is 3. The van der Waals surface area contributed by atoms with Crippen LogP contribution < -0.4 is 5.32 Å². The Morgan fingerprint density at radius 2 is 2.22 bits per heavy atom. The number of fused-ring (bicyclic) bond motifs is 1. The van der Waals surface area contributed by atoms with Crippen LogP contribution in [0, 0.1) is 0 Å². The predicted octanol–water partition coefficient (Wildman–Crippen LogP) is 0.377. The number of nitrogens with one attached hydrogen (secondary N) is 1. The van der Waals surface area contributed by atoms with Crippen molar-refractivity contribution in [3.05, 3.63) is 18.2 Å². The number of halogens is 3. The molecule has 0 bridgehead atoms. The highest BCUT2D eigenvalue weighted by molar-refractivity contribution is 5.78. The highest BCUT2D eigenvalue weighted by atomic mass is 19.4. The minimum absolute atomic E-state index is 0.305. The molecule has 2 heterocycles. The van der Waals surface area contributed by atoms with Crippen molar-refractivity contribution in [1.82, 2.24) is 19.8 Å². The van der Waals surface area contributed by atoms with Crippen LogP contribution in [0.4, 0.5) is 13.2 Å². The summed E-state index contributed by atoms with van der Waals surface area (Å²) in [6, 6.07) is 0. The minimum atomic E-state index is -4.29. The number of carbonyl (C=O) groups is 1. The fraction of sp³-hybridized carbons (Fsp3) is 0.600. The molecule has 0 atom stereocenters. The van der Waals surface area contributed by atoms with E-state index >= 15 is 0 Å². The van der Waals surface area contributed by atoms with Gasteiger partial charge in [0.25, 0.3) is 0 Å². The molecule has 1 aromatic heterocycles. The molecular weight excluding hydrogens is 249 g/mol. The highest BCUT2D eigenvalue weighted by Gasteiger charge is 2.27. The quantitative estimate of drug-likeness (QED) is 0.856. The van der Waals surface area contributed by atoms with Gasteiger partial charge in [0.1, 0.15) is 5.82 Å². The summed E-state index contributed by atoms with van der Waals surface area (Å²) in [5, 5.41) is 2.10. The lowest BCUT2D eigenvalue weighted by Gasteiger charge is -2.27. The van der Waals surface area contributed by atoms with Gasteiger partial charge in [0.15, 0.2) is 0 Å². The van der Waals surface area contributed by atoms with Crippen LogP contribution in [-0.4, -0.2) is 46.2 Å². The first kappa shape index (κ1) is 12.9. The van der Waals surface area contributed by atoms with Crippen LogP contribution in [0.3, 0.4) is 0 Å². The zero-order valence-electron chi connectivity index (χ0n) is 9.57. The van der Waals surface area contributed by atoms with Crippen LogP contribution in [0.15, 0.2) is 12.4 Å². The largest absolute Gasteiger partial charge is 0.401 e. The Morgan fingerprint density at radius 1 is 1.44 bits per heavy atom. The standard InChI is InChI=1S/C10H13F3N4O/c11-10(12,13)7-14-5-9(18)17-4-3-16-2-1-15-8(16)6-17/h1-2,14H,3-7H2. The zero-order chi connectivity index (χ0) is 13.2. The minimum Gasteiger partial charge on any atom is -0.332 e. The Morgan fingerprint density at radius 3 is 2.94 bits per heavy atom. The summed E-state index contributed by atoms with van der Waals surface area (Å²) in [5.41, 5.74) is 0. The molecule has 1 N–H and O–H groups in total. The number of carbonyl (C=O) groups excluding carboxylic acids is 1. The molecule has 0 saturated heterocycles. The molecule has 100 valence electrons. The van der Waals surface area contributed by atoms with Crippen molar-refractivity contribution in [1.29, 1.82) is 0 Å². The fourth-order valence-corrected chi connectivity index (χ4v) is 1.81. The van der Waals surface area contributed by atoms with Gasteiger partial charge in [0.2, 0.25) is 5.91 Å². The molecule has 1 aromatic rings. The summed E-state index contributed by atoms with van der Waals surface area (Å²) in [6.45, 7) is 0.0111. The first-order valence-corrected chi connectivity index (χ1v) is 5.51. The predicted molar refractivity (Wildman–Crippen MR) is 56.6 cm³/mol. The molecule has 1 amide bonds. The van der Waals surface area contributed by atoms with Gasteiger partial charge >= 0.3 is 6.18 Å². The first-order chi connectivity index (χ1) is 8.46. The number of hydrogen-bond acceptors (Lipinski definition) is 3. The van der Waals surface area contributed by atoms with Crippen LogP contribution in [0.2, 0.25) is 0 Å². The van der Waals surface area contributed by atoms with Gasteiger partial charge in [0, 0.05) is 25.5 Å². The highest BCUT2D eigenvalue weighted by Crippen LogP contribution is 2.12. The second-order valence-corrected chi connectivity index (χ2v) is 4.07. The van der Waals surface area contributed by atoms with Gasteiger partial charge in [0.05, 0.1) is 19.6 Å². The van der Waals surface area contributed by atoms with Gasteiger partial charge in [-0.15, -0.1) is 0 Å². The maximum atomic E-state index is 11.9. The van der Waals surface area contributed by atoms with E-state index in [0.717, 1.165) is 5.82 Å². The van der Waals surface area contributed by atoms with Crippen molar-refractivity contribution in [3.63, 3.8) is 0 Å². The van der Waals surface area contributed by atoms with Crippen molar-refractivity contribution < 1.29 is 18.0 Å². The molecule has 0 saturated carbocycles. The molecule has 8 heteroatoms. The SMILES string of the molecule is O=C(CNCC(F)(F)F)N1CCn2ccnc2C1. The molecular formula is C10H13F3N4O. The van der Waals surface area contributed by atoms with Crippen molar-refractivity contribution in [2.45, 2.75) is 19.3 Å². The van der Waals surface area contributed by atoms with Crippen LogP contribution in [-0.2, 0) is 17.9 Å². The average Bonchev–Trinajstić information content (AvgIpc) is 2.73. The molecule has 0 aromatic carbocycles. The van der Waals surface area contributed by atoms with E-state index in [9.17, 15) is 18.0 Å². The van der Waals surface area contributed by atoms with Gasteiger partial charge in [-0.25, -0.2) is 4.98 Å². The van der Waals surface area contributed by atoms with E-state index in [0.29, 0.717) is 19.6 Å². The summed E-state index contributed by atoms with van der Waals surface area (Å²) in [6.07, 6.45) is -0.831. The number of imidazole rings is 1. The Kier molecular flexibility index (Phi) is 3.55. The lowest BCUT2D eigenvalue weighted by atomic mass is 10.3. The lowest BCUT2D eigenvalue weighted by Crippen LogP contribution is -2.44. The summed E-state index contributed by atoms with van der Waals surface area (Å²) >= 11 is 0. The van der Waals surface area contributed by atoms with Crippen molar-refractivity contribution in [2.75, 3.05) is 19.6 Å². The summed E-state index contributed by atoms with van der Waals surface area (Å²) in [5.74, 6) is 0.416. The fourth-order valence-electron chi connectivity index (χ4n) is 1.81. The molecule has 5 nitrogen and oxygen atoms in total. The number of hydrogen-bond donors (Lipinski definition) is 1. The molecule has 1 aliphatic heterocycles. The Bertz CT molecular complexity index is 429. The second kappa shape index (κ2) is 4.97. The molecule has 0 spiro atoms. The van der Waals surface area contributed by atoms with Crippen LogP contribution in [0.1, 0.15) is 5.82 Å². The molecule has 0 unspecified atom stereocenters. The Balaban J connectivity index is 1.81. The molecule has 18 heavy (non-hydrogen) atoms. The number of rotatable bonds is 3. The molecule has 2 rings (SSSR count). The van der Waals surface area contributed by atoms with Gasteiger partial charge in [-0.3, -0.25) is 4.79 Å². The monoisotopic (exact) mass is 262 g/mol. The Hall–Kier alpha value is -1.57. The van der Waals surface area contributed by atoms with Gasteiger partial charge in [-0.1, -0.05) is 0 Å². The number of nitrogens with zero attached hydrogens (tertiary/aromatic N) is 3. The third kappa shape index (κ3) is 3.22. The first-order valence-electron chi connectivity index (χ1n) is 5.51. The average molecular weight is 262 g/mol. The number of aromatic nitrogens is 2. The van der Waals surface area contributed by atoms with E-state index < -0.39 is 12.7 Å². The molecule has 1 aliphatic rings. The van der Waals surface area contributed by atoms with Crippen molar-refractivity contribution in [3.8, 4) is 0 Å². The maximum Gasteiger partial charge on any atom is 0.401 e. The van der Waals surface area contributed by atoms with E-state index in [4.69, 9.17) is 0 Å².